The number of aromatic nitrogens is 3. The fourth-order valence-electron chi connectivity index (χ4n) is 3.97. The normalized spacial score (nSPS) is 18.5. The molecule has 8 nitrogen and oxygen atoms in total. The lowest BCUT2D eigenvalue weighted by molar-refractivity contribution is 0.0492. The number of ether oxygens (including phenoxy) is 1. The fraction of sp³-hybridized carbons (Fsp3) is 0.417. The lowest BCUT2D eigenvalue weighted by atomic mass is 9.91. The van der Waals surface area contributed by atoms with Crippen LogP contribution in [0.3, 0.4) is 0 Å². The zero-order valence-electron chi connectivity index (χ0n) is 18.9. The van der Waals surface area contributed by atoms with Crippen molar-refractivity contribution >= 4 is 29.2 Å². The minimum Gasteiger partial charge on any atom is -0.444 e. The van der Waals surface area contributed by atoms with Crippen molar-refractivity contribution in [2.24, 2.45) is 0 Å². The minimum absolute atomic E-state index is 0.0924. The first-order chi connectivity index (χ1) is 15.7. The number of nitrogens with one attached hydrogen (secondary N) is 2. The summed E-state index contributed by atoms with van der Waals surface area (Å²) in [6, 6.07) is 9.89. The van der Waals surface area contributed by atoms with Gasteiger partial charge in [0.25, 0.3) is 0 Å². The molecule has 2 N–H and O–H groups in total. The molecule has 0 aliphatic heterocycles. The molecule has 1 amide bonds. The largest absolute Gasteiger partial charge is 0.444 e. The molecule has 0 atom stereocenters. The molecular weight excluding hydrogens is 440 g/mol. The van der Waals surface area contributed by atoms with Gasteiger partial charge >= 0.3 is 6.09 Å². The first-order valence-corrected chi connectivity index (χ1v) is 11.4. The molecule has 3 aromatic rings. The number of hydrogen-bond acceptors (Lipinski definition) is 6. The van der Waals surface area contributed by atoms with E-state index in [0.717, 1.165) is 36.9 Å². The molecule has 172 valence electrons. The number of amides is 1. The van der Waals surface area contributed by atoms with Crippen LogP contribution in [0.1, 0.15) is 52.1 Å². The summed E-state index contributed by atoms with van der Waals surface area (Å²) in [7, 11) is 0. The van der Waals surface area contributed by atoms with Gasteiger partial charge in [-0.15, -0.1) is 0 Å². The van der Waals surface area contributed by atoms with Crippen molar-refractivity contribution in [1.82, 2.24) is 19.7 Å². The second kappa shape index (κ2) is 9.28. The van der Waals surface area contributed by atoms with Gasteiger partial charge in [0.2, 0.25) is 0 Å². The molecule has 1 fully saturated rings. The van der Waals surface area contributed by atoms with E-state index in [1.807, 2.05) is 51.2 Å². The number of halogens is 1. The topological polar surface area (TPSA) is 104 Å². The maximum atomic E-state index is 12.0. The number of benzene rings is 1. The summed E-state index contributed by atoms with van der Waals surface area (Å²) in [5, 5.41) is 16.6. The first-order valence-electron chi connectivity index (χ1n) is 11.0. The molecule has 0 unspecified atom stereocenters. The third-order valence-electron chi connectivity index (χ3n) is 5.54. The molecule has 1 saturated carbocycles. The van der Waals surface area contributed by atoms with Crippen molar-refractivity contribution < 1.29 is 9.53 Å². The van der Waals surface area contributed by atoms with Crippen LogP contribution in [0.2, 0.25) is 5.02 Å². The summed E-state index contributed by atoms with van der Waals surface area (Å²) in [6.45, 7) is 5.56. The number of fused-ring (bicyclic) bond motifs is 1. The molecule has 33 heavy (non-hydrogen) atoms. The van der Waals surface area contributed by atoms with Crippen LogP contribution < -0.4 is 10.6 Å². The summed E-state index contributed by atoms with van der Waals surface area (Å²) >= 11 is 6.01. The average Bonchev–Trinajstić information content (AvgIpc) is 3.20. The van der Waals surface area contributed by atoms with E-state index >= 15 is 0 Å². The zero-order chi connectivity index (χ0) is 23.6. The molecule has 2 heterocycles. The van der Waals surface area contributed by atoms with Gasteiger partial charge in [-0.1, -0.05) is 23.7 Å². The number of alkyl carbamates (subject to hydrolysis) is 1. The van der Waals surface area contributed by atoms with Crippen LogP contribution in [-0.2, 0) is 4.74 Å². The Balaban J connectivity index is 1.46. The molecular formula is C24H27ClN6O2. The van der Waals surface area contributed by atoms with Crippen LogP contribution in [-0.4, -0.2) is 38.1 Å². The lowest BCUT2D eigenvalue weighted by Crippen LogP contribution is -2.42. The Morgan fingerprint density at radius 2 is 1.85 bits per heavy atom. The third-order valence-corrected chi connectivity index (χ3v) is 5.79. The monoisotopic (exact) mass is 466 g/mol. The standard InChI is InChI=1S/C24H27ClN6O2/c1-24(2,3)33-23(32)29-18-10-8-17(9-11-18)28-21-22-30-20(15-4-6-16(25)7-5-15)14-31(22)19(12-26)13-27-21/h4-7,13-14,17-18H,8-11H2,1-3H3,(H,27,28)(H,29,32)/t17-,18-. The maximum Gasteiger partial charge on any atom is 0.407 e. The van der Waals surface area contributed by atoms with E-state index in [1.54, 1.807) is 10.6 Å². The zero-order valence-corrected chi connectivity index (χ0v) is 19.7. The first kappa shape index (κ1) is 22.9. The van der Waals surface area contributed by atoms with Crippen LogP contribution >= 0.6 is 11.6 Å². The summed E-state index contributed by atoms with van der Waals surface area (Å²) in [5.41, 5.74) is 2.16. The van der Waals surface area contributed by atoms with Crippen molar-refractivity contribution in [3.05, 3.63) is 47.4 Å². The van der Waals surface area contributed by atoms with Gasteiger partial charge in [-0.2, -0.15) is 5.26 Å². The molecule has 0 bridgehead atoms. The Bertz CT molecular complexity index is 1180. The Hall–Kier alpha value is -3.31. The number of nitriles is 1. The molecule has 0 saturated heterocycles. The Kier molecular flexibility index (Phi) is 6.43. The number of nitrogens with zero attached hydrogens (tertiary/aromatic N) is 4. The molecule has 9 heteroatoms. The number of carbonyl (C=O) groups is 1. The fourth-order valence-corrected chi connectivity index (χ4v) is 4.10. The predicted octanol–water partition coefficient (Wildman–Crippen LogP) is 5.17. The van der Waals surface area contributed by atoms with Gasteiger partial charge in [0.05, 0.1) is 11.9 Å². The second-order valence-corrected chi connectivity index (χ2v) is 9.71. The summed E-state index contributed by atoms with van der Waals surface area (Å²) in [5.74, 6) is 0.637. The number of anilines is 1. The van der Waals surface area contributed by atoms with Crippen molar-refractivity contribution in [1.29, 1.82) is 5.26 Å². The van der Waals surface area contributed by atoms with E-state index in [4.69, 9.17) is 21.3 Å². The predicted molar refractivity (Wildman–Crippen MR) is 127 cm³/mol. The molecule has 0 spiro atoms. The smallest absolute Gasteiger partial charge is 0.407 e. The molecule has 0 radical (unpaired) electrons. The van der Waals surface area contributed by atoms with Gasteiger partial charge in [-0.25, -0.2) is 14.8 Å². The maximum absolute atomic E-state index is 12.0. The van der Waals surface area contributed by atoms with Crippen molar-refractivity contribution in [2.75, 3.05) is 5.32 Å². The molecule has 4 rings (SSSR count). The summed E-state index contributed by atoms with van der Waals surface area (Å²) < 4.78 is 7.12. The SMILES string of the molecule is CC(C)(C)OC(=O)N[C@H]1CC[C@H](Nc2ncc(C#N)n3cc(-c4ccc(Cl)cc4)nc23)CC1. The molecule has 2 aromatic heterocycles. The molecule has 1 aliphatic carbocycles. The lowest BCUT2D eigenvalue weighted by Gasteiger charge is -2.30. The van der Waals surface area contributed by atoms with E-state index in [-0.39, 0.29) is 18.2 Å². The van der Waals surface area contributed by atoms with E-state index in [2.05, 4.69) is 21.7 Å². The van der Waals surface area contributed by atoms with Gasteiger partial charge < -0.3 is 15.4 Å². The van der Waals surface area contributed by atoms with Crippen molar-refractivity contribution in [2.45, 2.75) is 64.1 Å². The highest BCUT2D eigenvalue weighted by atomic mass is 35.5. The number of carbonyl (C=O) groups excluding carboxylic acids is 1. The summed E-state index contributed by atoms with van der Waals surface area (Å²) in [4.78, 5) is 21.3. The van der Waals surface area contributed by atoms with Crippen LogP contribution in [0.15, 0.2) is 36.7 Å². The summed E-state index contributed by atoms with van der Waals surface area (Å²) in [6.07, 6.45) is 6.45. The van der Waals surface area contributed by atoms with Crippen molar-refractivity contribution in [3.8, 4) is 17.3 Å². The van der Waals surface area contributed by atoms with Crippen LogP contribution in [0.25, 0.3) is 16.9 Å². The van der Waals surface area contributed by atoms with Crippen LogP contribution in [0.5, 0.6) is 0 Å². The van der Waals surface area contributed by atoms with Gasteiger partial charge in [-0.3, -0.25) is 4.40 Å². The quantitative estimate of drug-likeness (QED) is 0.549. The highest BCUT2D eigenvalue weighted by Crippen LogP contribution is 2.27. The third kappa shape index (κ3) is 5.55. The van der Waals surface area contributed by atoms with Crippen LogP contribution in [0.4, 0.5) is 10.6 Å². The van der Waals surface area contributed by atoms with Gasteiger partial charge in [0, 0.05) is 28.9 Å². The van der Waals surface area contributed by atoms with E-state index in [0.29, 0.717) is 22.2 Å². The van der Waals surface area contributed by atoms with E-state index < -0.39 is 5.60 Å². The van der Waals surface area contributed by atoms with Crippen molar-refractivity contribution in [3.63, 3.8) is 0 Å². The van der Waals surface area contributed by atoms with Gasteiger partial charge in [0.15, 0.2) is 11.5 Å². The molecule has 1 aromatic carbocycles. The Morgan fingerprint density at radius 3 is 2.48 bits per heavy atom. The van der Waals surface area contributed by atoms with Gasteiger partial charge in [0.1, 0.15) is 17.4 Å². The van der Waals surface area contributed by atoms with E-state index in [9.17, 15) is 10.1 Å². The highest BCUT2D eigenvalue weighted by molar-refractivity contribution is 6.30. The second-order valence-electron chi connectivity index (χ2n) is 9.27. The number of rotatable bonds is 4. The Labute approximate surface area is 197 Å². The van der Waals surface area contributed by atoms with Gasteiger partial charge in [-0.05, 0) is 58.6 Å². The highest BCUT2D eigenvalue weighted by Gasteiger charge is 2.25. The number of imidazole rings is 1. The van der Waals surface area contributed by atoms with E-state index in [1.165, 1.54) is 0 Å². The van der Waals surface area contributed by atoms with Crippen LogP contribution in [0, 0.1) is 11.3 Å². The average molecular weight is 467 g/mol. The minimum atomic E-state index is -0.509. The Morgan fingerprint density at radius 1 is 1.18 bits per heavy atom. The number of hydrogen-bond donors (Lipinski definition) is 2. The molecule has 1 aliphatic rings.